The molecule has 0 aliphatic rings. The van der Waals surface area contributed by atoms with E-state index >= 15 is 0 Å². The zero-order valence-electron chi connectivity index (χ0n) is 13.4. The molecule has 0 aliphatic carbocycles. The van der Waals surface area contributed by atoms with E-state index in [1.807, 2.05) is 19.1 Å². The van der Waals surface area contributed by atoms with Gasteiger partial charge >= 0.3 is 0 Å². The van der Waals surface area contributed by atoms with Crippen LogP contribution in [0, 0.1) is 11.3 Å². The first-order chi connectivity index (χ1) is 11.7. The molecule has 6 nitrogen and oxygen atoms in total. The van der Waals surface area contributed by atoms with Crippen LogP contribution in [0.25, 0.3) is 5.69 Å². The minimum absolute atomic E-state index is 0.00501. The summed E-state index contributed by atoms with van der Waals surface area (Å²) in [6.07, 6.45) is 6.00. The predicted octanol–water partition coefficient (Wildman–Crippen LogP) is 3.31. The first-order valence-electron chi connectivity index (χ1n) is 7.58. The van der Waals surface area contributed by atoms with Crippen LogP contribution in [0.15, 0.2) is 30.7 Å². The molecule has 8 heteroatoms. The van der Waals surface area contributed by atoms with Crippen LogP contribution in [0.2, 0.25) is 5.15 Å². The number of hydrogen-bond donors (Lipinski definition) is 0. The molecule has 1 amide bonds. The van der Waals surface area contributed by atoms with Crippen LogP contribution in [0.3, 0.4) is 0 Å². The van der Waals surface area contributed by atoms with E-state index in [4.69, 9.17) is 16.9 Å². The summed E-state index contributed by atoms with van der Waals surface area (Å²) >= 11 is 7.83. The van der Waals surface area contributed by atoms with Crippen LogP contribution in [0.1, 0.15) is 19.8 Å². The molecular weight excluding hydrogens is 346 g/mol. The predicted molar refractivity (Wildman–Crippen MR) is 96.6 cm³/mol. The number of pyridine rings is 1. The Morgan fingerprint density at radius 1 is 1.50 bits per heavy atom. The topological polar surface area (TPSA) is 74.8 Å². The lowest BCUT2D eigenvalue weighted by Gasteiger charge is -2.19. The maximum Gasteiger partial charge on any atom is 0.227 e. The Hall–Kier alpha value is -2.04. The molecule has 2 heterocycles. The van der Waals surface area contributed by atoms with Crippen molar-refractivity contribution in [3.63, 3.8) is 0 Å². The summed E-state index contributed by atoms with van der Waals surface area (Å²) in [5.74, 6) is 1.43. The van der Waals surface area contributed by atoms with Crippen molar-refractivity contribution >= 4 is 35.0 Å². The van der Waals surface area contributed by atoms with E-state index in [0.29, 0.717) is 30.8 Å². The van der Waals surface area contributed by atoms with E-state index in [1.54, 1.807) is 39.9 Å². The first-order valence-corrected chi connectivity index (χ1v) is 9.11. The SMILES string of the molecule is CCN(C(=O)CCSCCC#N)c1cn(-c2cccnc2)nc1Cl. The Balaban J connectivity index is 2.06. The maximum atomic E-state index is 12.4. The number of hydrogen-bond acceptors (Lipinski definition) is 5. The molecule has 0 saturated carbocycles. The van der Waals surface area contributed by atoms with E-state index < -0.39 is 0 Å². The number of anilines is 1. The van der Waals surface area contributed by atoms with Gasteiger partial charge in [-0.25, -0.2) is 4.68 Å². The van der Waals surface area contributed by atoms with E-state index in [2.05, 4.69) is 16.2 Å². The molecule has 0 fully saturated rings. The van der Waals surface area contributed by atoms with Gasteiger partial charge in [0, 0.05) is 37.1 Å². The molecule has 2 aromatic rings. The van der Waals surface area contributed by atoms with Crippen molar-refractivity contribution in [3.05, 3.63) is 35.9 Å². The molecular formula is C16H18ClN5OS. The zero-order valence-corrected chi connectivity index (χ0v) is 14.9. The summed E-state index contributed by atoms with van der Waals surface area (Å²) in [5, 5.41) is 13.1. The lowest BCUT2D eigenvalue weighted by atomic mass is 10.3. The standard InChI is InChI=1S/C16H18ClN5OS/c1-2-21(15(23)6-10-24-9-4-7-18)14-12-22(20-16(14)17)13-5-3-8-19-11-13/h3,5,8,11-12H,2,4,6,9-10H2,1H3. The maximum absolute atomic E-state index is 12.4. The van der Waals surface area contributed by atoms with E-state index in [0.717, 1.165) is 11.4 Å². The minimum atomic E-state index is -0.00501. The Bertz CT molecular complexity index is 713. The highest BCUT2D eigenvalue weighted by molar-refractivity contribution is 7.99. The van der Waals surface area contributed by atoms with Crippen LogP contribution < -0.4 is 4.90 Å². The fourth-order valence-corrected chi connectivity index (χ4v) is 3.13. The van der Waals surface area contributed by atoms with Crippen molar-refractivity contribution in [3.8, 4) is 11.8 Å². The van der Waals surface area contributed by atoms with Gasteiger partial charge in [0.05, 0.1) is 24.2 Å². The van der Waals surface area contributed by atoms with Crippen molar-refractivity contribution in [1.82, 2.24) is 14.8 Å². The van der Waals surface area contributed by atoms with Crippen molar-refractivity contribution in [2.45, 2.75) is 19.8 Å². The third-order valence-corrected chi connectivity index (χ3v) is 4.54. The normalized spacial score (nSPS) is 10.4. The van der Waals surface area contributed by atoms with Crippen molar-refractivity contribution in [1.29, 1.82) is 5.26 Å². The number of rotatable bonds is 8. The number of nitrogens with zero attached hydrogens (tertiary/aromatic N) is 5. The molecule has 2 rings (SSSR count). The summed E-state index contributed by atoms with van der Waals surface area (Å²) in [6.45, 7) is 2.42. The second kappa shape index (κ2) is 9.30. The van der Waals surface area contributed by atoms with Gasteiger partial charge in [0.15, 0.2) is 5.15 Å². The summed E-state index contributed by atoms with van der Waals surface area (Å²) in [7, 11) is 0. The fraction of sp³-hybridized carbons (Fsp3) is 0.375. The Labute approximate surface area is 150 Å². The van der Waals surface area contributed by atoms with E-state index in [-0.39, 0.29) is 11.1 Å². The summed E-state index contributed by atoms with van der Waals surface area (Å²) in [4.78, 5) is 18.1. The van der Waals surface area contributed by atoms with Gasteiger partial charge in [-0.3, -0.25) is 9.78 Å². The summed E-state index contributed by atoms with van der Waals surface area (Å²) < 4.78 is 1.61. The molecule has 2 aromatic heterocycles. The average molecular weight is 364 g/mol. The monoisotopic (exact) mass is 363 g/mol. The van der Waals surface area contributed by atoms with Crippen LogP contribution in [-0.4, -0.2) is 38.7 Å². The van der Waals surface area contributed by atoms with Gasteiger partial charge < -0.3 is 4.90 Å². The quantitative estimate of drug-likeness (QED) is 0.672. The van der Waals surface area contributed by atoms with Crippen molar-refractivity contribution in [2.24, 2.45) is 0 Å². The number of thioether (sulfide) groups is 1. The van der Waals surface area contributed by atoms with Gasteiger partial charge in [0.2, 0.25) is 5.91 Å². The van der Waals surface area contributed by atoms with Gasteiger partial charge in [0.1, 0.15) is 5.69 Å². The molecule has 0 aromatic carbocycles. The fourth-order valence-electron chi connectivity index (χ4n) is 2.14. The van der Waals surface area contributed by atoms with Crippen LogP contribution in [0.5, 0.6) is 0 Å². The van der Waals surface area contributed by atoms with Crippen LogP contribution >= 0.6 is 23.4 Å². The molecule has 0 bridgehead atoms. The molecule has 0 aliphatic heterocycles. The lowest BCUT2D eigenvalue weighted by molar-refractivity contribution is -0.118. The molecule has 0 atom stereocenters. The Morgan fingerprint density at radius 2 is 2.33 bits per heavy atom. The highest BCUT2D eigenvalue weighted by Crippen LogP contribution is 2.26. The smallest absolute Gasteiger partial charge is 0.227 e. The summed E-state index contributed by atoms with van der Waals surface area (Å²) in [6, 6.07) is 5.77. The van der Waals surface area contributed by atoms with Gasteiger partial charge in [-0.05, 0) is 19.1 Å². The molecule has 0 N–H and O–H groups in total. The molecule has 126 valence electrons. The largest absolute Gasteiger partial charge is 0.308 e. The molecule has 0 radical (unpaired) electrons. The average Bonchev–Trinajstić information content (AvgIpc) is 2.98. The molecule has 24 heavy (non-hydrogen) atoms. The second-order valence-electron chi connectivity index (χ2n) is 4.87. The number of amides is 1. The van der Waals surface area contributed by atoms with Gasteiger partial charge in [0.25, 0.3) is 0 Å². The number of carbonyl (C=O) groups excluding carboxylic acids is 1. The molecule has 0 saturated heterocycles. The number of aromatic nitrogens is 3. The van der Waals surface area contributed by atoms with E-state index in [1.165, 1.54) is 0 Å². The van der Waals surface area contributed by atoms with Crippen LogP contribution in [0.4, 0.5) is 5.69 Å². The molecule has 0 unspecified atom stereocenters. The zero-order chi connectivity index (χ0) is 17.4. The Kier molecular flexibility index (Phi) is 7.09. The summed E-state index contributed by atoms with van der Waals surface area (Å²) in [5.41, 5.74) is 1.37. The minimum Gasteiger partial charge on any atom is -0.308 e. The van der Waals surface area contributed by atoms with Crippen molar-refractivity contribution in [2.75, 3.05) is 23.0 Å². The van der Waals surface area contributed by atoms with Gasteiger partial charge in [-0.15, -0.1) is 0 Å². The molecule has 0 spiro atoms. The van der Waals surface area contributed by atoms with E-state index in [9.17, 15) is 4.79 Å². The van der Waals surface area contributed by atoms with Crippen LogP contribution in [-0.2, 0) is 4.79 Å². The number of halogens is 1. The lowest BCUT2D eigenvalue weighted by Crippen LogP contribution is -2.30. The Morgan fingerprint density at radius 3 is 3.00 bits per heavy atom. The first kappa shape index (κ1) is 18.3. The third kappa shape index (κ3) is 4.73. The second-order valence-corrected chi connectivity index (χ2v) is 6.45. The third-order valence-electron chi connectivity index (χ3n) is 3.29. The number of carbonyl (C=O) groups is 1. The van der Waals surface area contributed by atoms with Gasteiger partial charge in [-0.2, -0.15) is 22.1 Å². The number of nitriles is 1. The highest BCUT2D eigenvalue weighted by Gasteiger charge is 2.20. The van der Waals surface area contributed by atoms with Gasteiger partial charge in [-0.1, -0.05) is 11.6 Å². The van der Waals surface area contributed by atoms with Crippen molar-refractivity contribution < 1.29 is 4.79 Å². The highest BCUT2D eigenvalue weighted by atomic mass is 35.5.